The number of rotatable bonds is 12. The lowest BCUT2D eigenvalue weighted by molar-refractivity contribution is -0.123. The normalized spacial score (nSPS) is 10.2. The topological polar surface area (TPSA) is 85.9 Å². The van der Waals surface area contributed by atoms with Crippen LogP contribution in [-0.4, -0.2) is 32.1 Å². The molecule has 0 fully saturated rings. The minimum Gasteiger partial charge on any atom is -0.497 e. The molecule has 2 aromatic carbocycles. The molecule has 0 aliphatic carbocycles. The molecule has 30 heavy (non-hydrogen) atoms. The summed E-state index contributed by atoms with van der Waals surface area (Å²) in [6, 6.07) is 13.7. The molecule has 162 valence electrons. The van der Waals surface area contributed by atoms with Crippen LogP contribution in [0.4, 0.5) is 0 Å². The van der Waals surface area contributed by atoms with Crippen LogP contribution in [0.2, 0.25) is 0 Å². The number of hydrazine groups is 1. The summed E-state index contributed by atoms with van der Waals surface area (Å²) in [7, 11) is 1.57. The molecular weight excluding hydrogens is 384 g/mol. The highest BCUT2D eigenvalue weighted by Gasteiger charge is 2.08. The van der Waals surface area contributed by atoms with E-state index < -0.39 is 11.8 Å². The first-order valence-electron chi connectivity index (χ1n) is 10.2. The molecule has 0 spiro atoms. The Bertz CT molecular complexity index is 775. The lowest BCUT2D eigenvalue weighted by atomic mass is 10.2. The van der Waals surface area contributed by atoms with E-state index >= 15 is 0 Å². The number of nitrogens with one attached hydrogen (secondary N) is 2. The molecule has 0 unspecified atom stereocenters. The quantitative estimate of drug-likeness (QED) is 0.407. The number of methoxy groups -OCH3 is 1. The first kappa shape index (κ1) is 23.1. The van der Waals surface area contributed by atoms with E-state index in [4.69, 9.17) is 14.2 Å². The van der Waals surface area contributed by atoms with Crippen LogP contribution in [0.15, 0.2) is 48.5 Å². The summed E-state index contributed by atoms with van der Waals surface area (Å²) >= 11 is 0. The summed E-state index contributed by atoms with van der Waals surface area (Å²) in [4.78, 5) is 24.0. The lowest BCUT2D eigenvalue weighted by Gasteiger charge is -2.10. The van der Waals surface area contributed by atoms with Crippen molar-refractivity contribution in [2.24, 2.45) is 0 Å². The molecule has 0 bridgehead atoms. The Balaban J connectivity index is 1.66. The highest BCUT2D eigenvalue weighted by Crippen LogP contribution is 2.17. The number of amides is 2. The minimum atomic E-state index is -0.470. The van der Waals surface area contributed by atoms with Gasteiger partial charge in [0.15, 0.2) is 6.61 Å². The first-order valence-corrected chi connectivity index (χ1v) is 10.2. The van der Waals surface area contributed by atoms with E-state index in [0.717, 1.165) is 18.6 Å². The zero-order valence-corrected chi connectivity index (χ0v) is 17.6. The van der Waals surface area contributed by atoms with Crippen LogP contribution >= 0.6 is 0 Å². The number of unbranched alkanes of at least 4 members (excludes halogenated alkanes) is 4. The van der Waals surface area contributed by atoms with Crippen molar-refractivity contribution in [1.29, 1.82) is 0 Å². The first-order chi connectivity index (χ1) is 14.6. The van der Waals surface area contributed by atoms with Gasteiger partial charge in [0.05, 0.1) is 13.7 Å². The second-order valence-electron chi connectivity index (χ2n) is 6.75. The molecule has 0 aliphatic rings. The van der Waals surface area contributed by atoms with Crippen molar-refractivity contribution in [2.45, 2.75) is 39.0 Å². The summed E-state index contributed by atoms with van der Waals surface area (Å²) in [5, 5.41) is 0. The molecule has 2 amide bonds. The summed E-state index contributed by atoms with van der Waals surface area (Å²) in [6.07, 6.45) is 5.90. The molecule has 2 aromatic rings. The van der Waals surface area contributed by atoms with Crippen molar-refractivity contribution in [3.63, 3.8) is 0 Å². The second-order valence-corrected chi connectivity index (χ2v) is 6.75. The average Bonchev–Trinajstić information content (AvgIpc) is 2.79. The molecule has 7 heteroatoms. The van der Waals surface area contributed by atoms with Crippen molar-refractivity contribution < 1.29 is 23.8 Å². The highest BCUT2D eigenvalue weighted by molar-refractivity contribution is 5.95. The van der Waals surface area contributed by atoms with E-state index in [1.54, 1.807) is 55.6 Å². The van der Waals surface area contributed by atoms with Gasteiger partial charge in [-0.25, -0.2) is 0 Å². The van der Waals surface area contributed by atoms with Gasteiger partial charge in [0.2, 0.25) is 0 Å². The third kappa shape index (κ3) is 8.43. The zero-order chi connectivity index (χ0) is 21.6. The van der Waals surface area contributed by atoms with Gasteiger partial charge >= 0.3 is 0 Å². The van der Waals surface area contributed by atoms with Crippen LogP contribution in [0.5, 0.6) is 17.2 Å². The molecule has 0 saturated heterocycles. The van der Waals surface area contributed by atoms with Gasteiger partial charge in [-0.15, -0.1) is 0 Å². The summed E-state index contributed by atoms with van der Waals surface area (Å²) in [5.41, 5.74) is 5.11. The molecule has 2 N–H and O–H groups in total. The largest absolute Gasteiger partial charge is 0.497 e. The highest BCUT2D eigenvalue weighted by atomic mass is 16.5. The van der Waals surface area contributed by atoms with Crippen LogP contribution in [-0.2, 0) is 4.79 Å². The van der Waals surface area contributed by atoms with Crippen molar-refractivity contribution in [2.75, 3.05) is 20.3 Å². The van der Waals surface area contributed by atoms with Gasteiger partial charge in [0, 0.05) is 5.56 Å². The van der Waals surface area contributed by atoms with Crippen molar-refractivity contribution >= 4 is 11.8 Å². The smallest absolute Gasteiger partial charge is 0.276 e. The summed E-state index contributed by atoms with van der Waals surface area (Å²) < 4.78 is 16.1. The van der Waals surface area contributed by atoms with Gasteiger partial charge in [-0.2, -0.15) is 0 Å². The van der Waals surface area contributed by atoms with Crippen LogP contribution in [0.25, 0.3) is 0 Å². The molecule has 0 radical (unpaired) electrons. The third-order valence-electron chi connectivity index (χ3n) is 4.38. The maximum atomic E-state index is 12.1. The molecule has 0 saturated carbocycles. The molecule has 2 rings (SSSR count). The van der Waals surface area contributed by atoms with E-state index in [1.807, 2.05) is 0 Å². The average molecular weight is 415 g/mol. The Labute approximate surface area is 177 Å². The predicted octanol–water partition coefficient (Wildman–Crippen LogP) is 3.88. The van der Waals surface area contributed by atoms with Gasteiger partial charge in [0.1, 0.15) is 17.2 Å². The Kier molecular flexibility index (Phi) is 10.1. The monoisotopic (exact) mass is 414 g/mol. The van der Waals surface area contributed by atoms with Crippen LogP contribution in [0.1, 0.15) is 49.4 Å². The maximum Gasteiger partial charge on any atom is 0.276 e. The molecule has 0 atom stereocenters. The SMILES string of the molecule is CCCCCCCOc1ccc(C(=O)NNC(=O)COc2ccc(OC)cc2)cc1. The standard InChI is InChI=1S/C23H30N2O5/c1-3-4-5-6-7-16-29-20-10-8-18(9-11-20)23(27)25-24-22(26)17-30-21-14-12-19(28-2)13-15-21/h8-15H,3-7,16-17H2,1-2H3,(H,24,26)(H,25,27). The fraction of sp³-hybridized carbons (Fsp3) is 0.391. The number of benzene rings is 2. The maximum absolute atomic E-state index is 12.1. The Morgan fingerprint density at radius 1 is 0.767 bits per heavy atom. The predicted molar refractivity (Wildman–Crippen MR) is 115 cm³/mol. The fourth-order valence-corrected chi connectivity index (χ4v) is 2.65. The van der Waals surface area contributed by atoms with Crippen molar-refractivity contribution in [1.82, 2.24) is 10.9 Å². The Morgan fingerprint density at radius 2 is 1.37 bits per heavy atom. The van der Waals surface area contributed by atoms with E-state index in [0.29, 0.717) is 23.7 Å². The number of ether oxygens (including phenoxy) is 3. The van der Waals surface area contributed by atoms with E-state index in [-0.39, 0.29) is 6.61 Å². The number of hydrogen-bond acceptors (Lipinski definition) is 5. The van der Waals surface area contributed by atoms with Crippen molar-refractivity contribution in [3.8, 4) is 17.2 Å². The van der Waals surface area contributed by atoms with E-state index in [1.165, 1.54) is 19.3 Å². The zero-order valence-electron chi connectivity index (χ0n) is 17.6. The second kappa shape index (κ2) is 13.1. The van der Waals surface area contributed by atoms with Crippen LogP contribution in [0.3, 0.4) is 0 Å². The Hall–Kier alpha value is -3.22. The minimum absolute atomic E-state index is 0.225. The van der Waals surface area contributed by atoms with Gasteiger partial charge < -0.3 is 14.2 Å². The molecule has 7 nitrogen and oxygen atoms in total. The molecule has 0 aliphatic heterocycles. The van der Waals surface area contributed by atoms with E-state index in [2.05, 4.69) is 17.8 Å². The summed E-state index contributed by atoms with van der Waals surface area (Å²) in [5.74, 6) is 1.06. The number of hydrogen-bond donors (Lipinski definition) is 2. The van der Waals surface area contributed by atoms with Crippen LogP contribution < -0.4 is 25.1 Å². The van der Waals surface area contributed by atoms with Gasteiger partial charge in [-0.3, -0.25) is 20.4 Å². The fourth-order valence-electron chi connectivity index (χ4n) is 2.65. The number of carbonyl (C=O) groups excluding carboxylic acids is 2. The van der Waals surface area contributed by atoms with Gasteiger partial charge in [0.25, 0.3) is 11.8 Å². The van der Waals surface area contributed by atoms with Crippen molar-refractivity contribution in [3.05, 3.63) is 54.1 Å². The Morgan fingerprint density at radius 3 is 2.03 bits per heavy atom. The van der Waals surface area contributed by atoms with E-state index in [9.17, 15) is 9.59 Å². The van der Waals surface area contributed by atoms with Gasteiger partial charge in [-0.1, -0.05) is 32.6 Å². The molecule has 0 heterocycles. The summed E-state index contributed by atoms with van der Waals surface area (Å²) in [6.45, 7) is 2.63. The molecular formula is C23H30N2O5. The third-order valence-corrected chi connectivity index (χ3v) is 4.38. The lowest BCUT2D eigenvalue weighted by Crippen LogP contribution is -2.43. The number of carbonyl (C=O) groups is 2. The molecule has 0 aromatic heterocycles. The van der Waals surface area contributed by atoms with Gasteiger partial charge in [-0.05, 0) is 55.0 Å². The van der Waals surface area contributed by atoms with Crippen LogP contribution in [0, 0.1) is 0 Å².